The molecular formula is C25H32O3Si. The smallest absolute Gasteiger partial charge is 0.171 e. The summed E-state index contributed by atoms with van der Waals surface area (Å²) in [7, 11) is -1.29. The van der Waals surface area contributed by atoms with E-state index in [2.05, 4.69) is 64.2 Å². The first kappa shape index (κ1) is 21.6. The zero-order valence-corrected chi connectivity index (χ0v) is 19.2. The summed E-state index contributed by atoms with van der Waals surface area (Å²) in [5.74, 6) is 0.754. The molecule has 3 aromatic carbocycles. The second kappa shape index (κ2) is 9.12. The highest BCUT2D eigenvalue weighted by Crippen LogP contribution is 2.34. The molecule has 29 heavy (non-hydrogen) atoms. The topological polar surface area (TPSA) is 38.7 Å². The number of ether oxygens (including phenoxy) is 1. The van der Waals surface area contributed by atoms with Crippen LogP contribution >= 0.6 is 0 Å². The normalized spacial score (nSPS) is 14.2. The molecule has 3 nitrogen and oxygen atoms in total. The average molecular weight is 409 g/mol. The number of rotatable bonds is 7. The number of hydrogen-bond donors (Lipinski definition) is 1. The summed E-state index contributed by atoms with van der Waals surface area (Å²) in [4.78, 5) is 0. The van der Waals surface area contributed by atoms with Gasteiger partial charge in [-0.05, 0) is 58.6 Å². The van der Waals surface area contributed by atoms with Crippen molar-refractivity contribution in [3.8, 4) is 5.75 Å². The zero-order valence-electron chi connectivity index (χ0n) is 18.1. The van der Waals surface area contributed by atoms with Crippen molar-refractivity contribution in [3.05, 3.63) is 77.9 Å². The van der Waals surface area contributed by atoms with Crippen molar-refractivity contribution >= 4 is 19.8 Å². The number of hydrogen-bond acceptors (Lipinski definition) is 3. The molecule has 2 atom stereocenters. The van der Waals surface area contributed by atoms with E-state index in [1.807, 2.05) is 36.4 Å². The minimum Gasteiger partial charge on any atom is -0.489 e. The van der Waals surface area contributed by atoms with E-state index < -0.39 is 15.1 Å². The molecule has 0 spiro atoms. The predicted octanol–water partition coefficient (Wildman–Crippen LogP) is 5.87. The molecule has 0 aliphatic heterocycles. The summed E-state index contributed by atoms with van der Waals surface area (Å²) in [6, 6.07) is 22.4. The predicted molar refractivity (Wildman–Crippen MR) is 123 cm³/mol. The molecule has 0 amide bonds. The Morgan fingerprint density at radius 2 is 1.62 bits per heavy atom. The van der Waals surface area contributed by atoms with Crippen LogP contribution < -0.4 is 4.74 Å². The average Bonchev–Trinajstić information content (AvgIpc) is 2.69. The fourth-order valence-electron chi connectivity index (χ4n) is 3.50. The van der Waals surface area contributed by atoms with Crippen molar-refractivity contribution in [2.24, 2.45) is 5.41 Å². The van der Waals surface area contributed by atoms with Gasteiger partial charge in [-0.2, -0.15) is 0 Å². The van der Waals surface area contributed by atoms with Crippen molar-refractivity contribution in [3.63, 3.8) is 0 Å². The van der Waals surface area contributed by atoms with Gasteiger partial charge in [0.2, 0.25) is 0 Å². The van der Waals surface area contributed by atoms with Gasteiger partial charge < -0.3 is 14.3 Å². The molecule has 4 heteroatoms. The van der Waals surface area contributed by atoms with Gasteiger partial charge in [0.15, 0.2) is 9.04 Å². The van der Waals surface area contributed by atoms with E-state index >= 15 is 0 Å². The van der Waals surface area contributed by atoms with Gasteiger partial charge in [-0.1, -0.05) is 69.3 Å². The summed E-state index contributed by atoms with van der Waals surface area (Å²) >= 11 is 0. The molecule has 3 rings (SSSR count). The Kier molecular flexibility index (Phi) is 6.78. The zero-order chi connectivity index (χ0) is 21.0. The van der Waals surface area contributed by atoms with Gasteiger partial charge in [0.1, 0.15) is 18.5 Å². The quantitative estimate of drug-likeness (QED) is 0.497. The molecule has 0 aliphatic carbocycles. The maximum absolute atomic E-state index is 11.0. The lowest BCUT2D eigenvalue weighted by Crippen LogP contribution is -2.38. The molecule has 0 fully saturated rings. The summed E-state index contributed by atoms with van der Waals surface area (Å²) in [5.41, 5.74) is 1.80. The molecule has 0 saturated carbocycles. The molecule has 3 aromatic rings. The largest absolute Gasteiger partial charge is 0.489 e. The third-order valence-corrected chi connectivity index (χ3v) is 5.82. The first-order valence-corrected chi connectivity index (χ1v) is 13.1. The summed E-state index contributed by atoms with van der Waals surface area (Å²) in [6.07, 6.45) is -0.931. The van der Waals surface area contributed by atoms with Gasteiger partial charge >= 0.3 is 0 Å². The van der Waals surface area contributed by atoms with Gasteiger partial charge in [-0.3, -0.25) is 0 Å². The Morgan fingerprint density at radius 3 is 2.31 bits per heavy atom. The van der Waals surface area contributed by atoms with Crippen LogP contribution in [0.5, 0.6) is 5.75 Å². The fourth-order valence-corrected chi connectivity index (χ4v) is 4.65. The second-order valence-electron chi connectivity index (χ2n) is 8.96. The maximum Gasteiger partial charge on any atom is 0.171 e. The molecule has 0 aromatic heterocycles. The van der Waals surface area contributed by atoms with Gasteiger partial charge in [0.25, 0.3) is 0 Å². The third-order valence-electron chi connectivity index (χ3n) is 4.98. The van der Waals surface area contributed by atoms with Crippen LogP contribution in [0.4, 0.5) is 0 Å². The van der Waals surface area contributed by atoms with Crippen LogP contribution in [0.1, 0.15) is 38.0 Å². The third kappa shape index (κ3) is 5.69. The van der Waals surface area contributed by atoms with Crippen LogP contribution in [0.3, 0.4) is 0 Å². The van der Waals surface area contributed by atoms with E-state index in [4.69, 9.17) is 9.16 Å². The van der Waals surface area contributed by atoms with E-state index in [0.29, 0.717) is 6.61 Å². The van der Waals surface area contributed by atoms with Gasteiger partial charge in [0, 0.05) is 0 Å². The van der Waals surface area contributed by atoms with Crippen molar-refractivity contribution in [1.82, 2.24) is 0 Å². The lowest BCUT2D eigenvalue weighted by molar-refractivity contribution is -0.0300. The SMILES string of the molecule is C[SiH](C)OC(C(O)c1cccc(OCc2ccc3ccccc3c2)c1)C(C)(C)C. The van der Waals surface area contributed by atoms with Crippen molar-refractivity contribution in [1.29, 1.82) is 0 Å². The van der Waals surface area contributed by atoms with E-state index in [1.54, 1.807) is 0 Å². The minimum absolute atomic E-state index is 0.154. The molecular weight excluding hydrogens is 376 g/mol. The van der Waals surface area contributed by atoms with Gasteiger partial charge in [-0.25, -0.2) is 0 Å². The van der Waals surface area contributed by atoms with Crippen molar-refractivity contribution in [2.45, 2.75) is 52.7 Å². The number of fused-ring (bicyclic) bond motifs is 1. The van der Waals surface area contributed by atoms with Gasteiger partial charge in [-0.15, -0.1) is 0 Å². The highest BCUT2D eigenvalue weighted by Gasteiger charge is 2.33. The van der Waals surface area contributed by atoms with Crippen LogP contribution in [0, 0.1) is 5.41 Å². The molecule has 0 aliphatic rings. The van der Waals surface area contributed by atoms with Crippen LogP contribution in [0.25, 0.3) is 10.8 Å². The lowest BCUT2D eigenvalue weighted by Gasteiger charge is -2.36. The summed E-state index contributed by atoms with van der Waals surface area (Å²) < 4.78 is 12.2. The van der Waals surface area contributed by atoms with Crippen molar-refractivity contribution < 1.29 is 14.3 Å². The van der Waals surface area contributed by atoms with E-state index in [9.17, 15) is 5.11 Å². The van der Waals surface area contributed by atoms with Crippen molar-refractivity contribution in [2.75, 3.05) is 0 Å². The van der Waals surface area contributed by atoms with E-state index in [0.717, 1.165) is 16.9 Å². The molecule has 0 bridgehead atoms. The molecule has 2 unspecified atom stereocenters. The standard InChI is InChI=1S/C25H32O3Si/c1-25(2,3)24(28-29(4)5)23(26)21-11-8-12-22(16-21)27-17-18-13-14-19-9-6-7-10-20(19)15-18/h6-16,23-24,26,29H,17H2,1-5H3. The van der Waals surface area contributed by atoms with Crippen LogP contribution in [0.15, 0.2) is 66.7 Å². The highest BCUT2D eigenvalue weighted by atomic mass is 28.3. The lowest BCUT2D eigenvalue weighted by atomic mass is 9.83. The summed E-state index contributed by atoms with van der Waals surface area (Å²) in [5, 5.41) is 13.5. The first-order chi connectivity index (χ1) is 13.7. The Morgan fingerprint density at radius 1 is 0.897 bits per heavy atom. The minimum atomic E-state index is -1.29. The molecule has 154 valence electrons. The second-order valence-corrected chi connectivity index (χ2v) is 11.3. The number of benzene rings is 3. The van der Waals surface area contributed by atoms with E-state index in [-0.39, 0.29) is 11.5 Å². The molecule has 0 radical (unpaired) electrons. The Balaban J connectivity index is 1.74. The monoisotopic (exact) mass is 408 g/mol. The number of aliphatic hydroxyl groups excluding tert-OH is 1. The fraction of sp³-hybridized carbons (Fsp3) is 0.360. The molecule has 0 saturated heterocycles. The van der Waals surface area contributed by atoms with E-state index in [1.165, 1.54) is 10.8 Å². The van der Waals surface area contributed by atoms with Crippen LogP contribution in [-0.2, 0) is 11.0 Å². The Bertz CT molecular complexity index is 946. The Labute approximate surface area is 176 Å². The first-order valence-electron chi connectivity index (χ1n) is 10.3. The van der Waals surface area contributed by atoms with Crippen LogP contribution in [0.2, 0.25) is 13.1 Å². The highest BCUT2D eigenvalue weighted by molar-refractivity contribution is 6.48. The van der Waals surface area contributed by atoms with Gasteiger partial charge in [0.05, 0.1) is 6.10 Å². The molecule has 0 heterocycles. The summed E-state index contributed by atoms with van der Waals surface area (Å²) in [6.45, 7) is 11.1. The van der Waals surface area contributed by atoms with Crippen LogP contribution in [-0.4, -0.2) is 20.3 Å². The Hall–Kier alpha value is -2.14. The number of aliphatic hydroxyl groups is 1. The molecule has 1 N–H and O–H groups in total. The maximum atomic E-state index is 11.0.